The van der Waals surface area contributed by atoms with E-state index in [0.29, 0.717) is 35.1 Å². The molecule has 0 N–H and O–H groups in total. The molecule has 5 nitrogen and oxygen atoms in total. The third-order valence-electron chi connectivity index (χ3n) is 4.32. The number of rotatable bonds is 7. The molecule has 0 atom stereocenters. The highest BCUT2D eigenvalue weighted by Gasteiger charge is 2.25. The Labute approximate surface area is 200 Å². The topological polar surface area (TPSA) is 57.1 Å². The number of aliphatic imine (C=N–C) groups is 1. The number of thiophene rings is 1. The van der Waals surface area contributed by atoms with Crippen LogP contribution in [0.4, 0.5) is 0 Å². The van der Waals surface area contributed by atoms with Gasteiger partial charge in [-0.05, 0) is 64.1 Å². The molecule has 1 aliphatic rings. The second-order valence-corrected chi connectivity index (χ2v) is 9.11. The number of carbonyl (C=O) groups excluding carboxylic acids is 1. The largest absolute Gasteiger partial charge is 0.490 e. The van der Waals surface area contributed by atoms with Crippen LogP contribution in [-0.2, 0) is 16.1 Å². The molecular weight excluding hydrogens is 546 g/mol. The number of hydrogen-bond acceptors (Lipinski definition) is 6. The number of halogens is 2. The van der Waals surface area contributed by atoms with Gasteiger partial charge in [0.25, 0.3) is 0 Å². The highest BCUT2D eigenvalue weighted by molar-refractivity contribution is 9.10. The number of cyclic esters (lactones) is 1. The SMILES string of the molecule is CCOc1cc(C=C2N=C(c3cccs3)OC2=O)cc(Br)c1OCc1ccccc1Br. The Morgan fingerprint density at radius 1 is 1.10 bits per heavy atom. The Bertz CT molecular complexity index is 1170. The molecule has 0 amide bonds. The molecule has 2 aromatic carbocycles. The fourth-order valence-corrected chi connectivity index (χ4v) is 4.53. The lowest BCUT2D eigenvalue weighted by atomic mass is 10.1. The van der Waals surface area contributed by atoms with Crippen LogP contribution < -0.4 is 9.47 Å². The van der Waals surface area contributed by atoms with E-state index in [1.807, 2.05) is 60.8 Å². The summed E-state index contributed by atoms with van der Waals surface area (Å²) in [5.41, 5.74) is 2.00. The highest BCUT2D eigenvalue weighted by Crippen LogP contribution is 2.38. The Kier molecular flexibility index (Phi) is 6.89. The van der Waals surface area contributed by atoms with Gasteiger partial charge in [0.15, 0.2) is 17.2 Å². The third-order valence-corrected chi connectivity index (χ3v) is 6.54. The van der Waals surface area contributed by atoms with E-state index in [4.69, 9.17) is 14.2 Å². The van der Waals surface area contributed by atoms with Gasteiger partial charge >= 0.3 is 5.97 Å². The molecule has 0 bridgehead atoms. The summed E-state index contributed by atoms with van der Waals surface area (Å²) in [6, 6.07) is 15.3. The van der Waals surface area contributed by atoms with Crippen molar-refractivity contribution in [1.82, 2.24) is 0 Å². The first-order valence-corrected chi connectivity index (χ1v) is 11.9. The molecule has 0 saturated carbocycles. The Morgan fingerprint density at radius 3 is 2.68 bits per heavy atom. The van der Waals surface area contributed by atoms with Crippen LogP contribution in [0.25, 0.3) is 6.08 Å². The molecular formula is C23H17Br2NO4S. The first kappa shape index (κ1) is 21.8. The molecule has 1 aromatic heterocycles. The van der Waals surface area contributed by atoms with Crippen molar-refractivity contribution in [1.29, 1.82) is 0 Å². The van der Waals surface area contributed by atoms with Crippen LogP contribution in [0.15, 0.2) is 73.5 Å². The molecule has 0 radical (unpaired) electrons. The van der Waals surface area contributed by atoms with Crippen LogP contribution in [0.5, 0.6) is 11.5 Å². The molecule has 31 heavy (non-hydrogen) atoms. The number of hydrogen-bond donors (Lipinski definition) is 0. The van der Waals surface area contributed by atoms with Crippen molar-refractivity contribution in [3.63, 3.8) is 0 Å². The molecule has 0 aliphatic carbocycles. The van der Waals surface area contributed by atoms with Crippen molar-refractivity contribution in [2.45, 2.75) is 13.5 Å². The average molecular weight is 563 g/mol. The van der Waals surface area contributed by atoms with Crippen LogP contribution >= 0.6 is 43.2 Å². The maximum Gasteiger partial charge on any atom is 0.363 e. The number of ether oxygens (including phenoxy) is 3. The number of benzene rings is 2. The predicted octanol–water partition coefficient (Wildman–Crippen LogP) is 6.60. The maximum absolute atomic E-state index is 12.3. The fraction of sp³-hybridized carbons (Fsp3) is 0.130. The van der Waals surface area contributed by atoms with Crippen LogP contribution in [0.2, 0.25) is 0 Å². The van der Waals surface area contributed by atoms with Gasteiger partial charge in [0.2, 0.25) is 5.90 Å². The third kappa shape index (κ3) is 5.08. The normalized spacial score (nSPS) is 14.5. The average Bonchev–Trinajstić information content (AvgIpc) is 3.39. The van der Waals surface area contributed by atoms with E-state index in [1.54, 1.807) is 6.08 Å². The quantitative estimate of drug-likeness (QED) is 0.240. The fourth-order valence-electron chi connectivity index (χ4n) is 2.91. The van der Waals surface area contributed by atoms with Crippen molar-refractivity contribution in [3.05, 3.63) is 84.6 Å². The lowest BCUT2D eigenvalue weighted by molar-refractivity contribution is -0.129. The number of carbonyl (C=O) groups is 1. The summed E-state index contributed by atoms with van der Waals surface area (Å²) in [7, 11) is 0. The van der Waals surface area contributed by atoms with E-state index in [2.05, 4.69) is 36.9 Å². The minimum atomic E-state index is -0.480. The Balaban J connectivity index is 1.62. The molecule has 2 heterocycles. The van der Waals surface area contributed by atoms with Crippen LogP contribution in [0, 0.1) is 0 Å². The van der Waals surface area contributed by atoms with Gasteiger partial charge in [-0.15, -0.1) is 11.3 Å². The maximum atomic E-state index is 12.3. The zero-order valence-corrected chi connectivity index (χ0v) is 20.4. The molecule has 0 fully saturated rings. The van der Waals surface area contributed by atoms with Crippen LogP contribution in [0.1, 0.15) is 22.9 Å². The standard InChI is InChI=1S/C23H17Br2NO4S/c1-2-28-19-12-14(11-18-23(27)30-22(26-18)20-8-5-9-31-20)10-17(25)21(19)29-13-15-6-3-4-7-16(15)24/h3-12H,2,13H2,1H3. The van der Waals surface area contributed by atoms with Gasteiger partial charge in [0, 0.05) is 10.0 Å². The first-order valence-electron chi connectivity index (χ1n) is 9.44. The van der Waals surface area contributed by atoms with Crippen molar-refractivity contribution < 1.29 is 19.0 Å². The van der Waals surface area contributed by atoms with Gasteiger partial charge < -0.3 is 14.2 Å². The molecule has 0 spiro atoms. The van der Waals surface area contributed by atoms with E-state index in [-0.39, 0.29) is 5.70 Å². The van der Waals surface area contributed by atoms with Gasteiger partial charge in [-0.1, -0.05) is 40.2 Å². The summed E-state index contributed by atoms with van der Waals surface area (Å²) in [5.74, 6) is 1.01. The molecule has 8 heteroatoms. The van der Waals surface area contributed by atoms with E-state index < -0.39 is 5.97 Å². The smallest absolute Gasteiger partial charge is 0.363 e. The molecule has 1 aliphatic heterocycles. The van der Waals surface area contributed by atoms with Crippen LogP contribution in [-0.4, -0.2) is 18.5 Å². The minimum absolute atomic E-state index is 0.236. The summed E-state index contributed by atoms with van der Waals surface area (Å²) in [4.78, 5) is 17.4. The molecule has 0 saturated heterocycles. The second-order valence-electron chi connectivity index (χ2n) is 6.46. The lowest BCUT2D eigenvalue weighted by Gasteiger charge is -2.15. The summed E-state index contributed by atoms with van der Waals surface area (Å²) in [5, 5.41) is 1.91. The zero-order chi connectivity index (χ0) is 21.8. The van der Waals surface area contributed by atoms with Gasteiger partial charge in [-0.3, -0.25) is 0 Å². The van der Waals surface area contributed by atoms with Crippen molar-refractivity contribution >= 4 is 61.1 Å². The number of esters is 1. The molecule has 4 rings (SSSR count). The van der Waals surface area contributed by atoms with E-state index in [9.17, 15) is 4.79 Å². The number of nitrogens with zero attached hydrogens (tertiary/aromatic N) is 1. The van der Waals surface area contributed by atoms with E-state index >= 15 is 0 Å². The second kappa shape index (κ2) is 9.80. The van der Waals surface area contributed by atoms with E-state index in [1.165, 1.54) is 11.3 Å². The summed E-state index contributed by atoms with van der Waals surface area (Å²) < 4.78 is 18.9. The van der Waals surface area contributed by atoms with Crippen LogP contribution in [0.3, 0.4) is 0 Å². The molecule has 0 unspecified atom stereocenters. The van der Waals surface area contributed by atoms with Gasteiger partial charge in [0.05, 0.1) is 16.0 Å². The Morgan fingerprint density at radius 2 is 1.94 bits per heavy atom. The van der Waals surface area contributed by atoms with Gasteiger partial charge in [-0.2, -0.15) is 0 Å². The monoisotopic (exact) mass is 561 g/mol. The van der Waals surface area contributed by atoms with E-state index in [0.717, 1.165) is 20.5 Å². The summed E-state index contributed by atoms with van der Waals surface area (Å²) >= 11 is 8.57. The summed E-state index contributed by atoms with van der Waals surface area (Å²) in [6.07, 6.45) is 1.67. The minimum Gasteiger partial charge on any atom is -0.490 e. The molecule has 3 aromatic rings. The highest BCUT2D eigenvalue weighted by atomic mass is 79.9. The first-order chi connectivity index (χ1) is 15.0. The van der Waals surface area contributed by atoms with Crippen molar-refractivity contribution in [3.8, 4) is 11.5 Å². The van der Waals surface area contributed by atoms with Gasteiger partial charge in [0.1, 0.15) is 6.61 Å². The molecule has 158 valence electrons. The predicted molar refractivity (Wildman–Crippen MR) is 129 cm³/mol. The van der Waals surface area contributed by atoms with Crippen molar-refractivity contribution in [2.24, 2.45) is 4.99 Å². The zero-order valence-electron chi connectivity index (χ0n) is 16.4. The summed E-state index contributed by atoms with van der Waals surface area (Å²) in [6.45, 7) is 2.75. The lowest BCUT2D eigenvalue weighted by Crippen LogP contribution is -2.03. The Hall–Kier alpha value is -2.42. The van der Waals surface area contributed by atoms with Gasteiger partial charge in [-0.25, -0.2) is 9.79 Å². The van der Waals surface area contributed by atoms with Crippen molar-refractivity contribution in [2.75, 3.05) is 6.61 Å².